The molecule has 6 nitrogen and oxygen atoms in total. The minimum atomic E-state index is -4.42. The van der Waals surface area contributed by atoms with Crippen LogP contribution in [0.5, 0.6) is 0 Å². The third-order valence-corrected chi connectivity index (χ3v) is 4.74. The number of carbonyl (C=O) groups is 1. The minimum Gasteiger partial charge on any atom is -0.356 e. The van der Waals surface area contributed by atoms with Crippen molar-refractivity contribution in [3.8, 4) is 0 Å². The predicted molar refractivity (Wildman–Crippen MR) is 128 cm³/mol. The molecule has 0 saturated heterocycles. The van der Waals surface area contributed by atoms with Gasteiger partial charge in [-0.1, -0.05) is 12.1 Å². The maximum absolute atomic E-state index is 12.6. The first kappa shape index (κ1) is 27.1. The van der Waals surface area contributed by atoms with Crippen molar-refractivity contribution in [3.63, 3.8) is 0 Å². The first-order valence-electron chi connectivity index (χ1n) is 9.35. The molecule has 0 radical (unpaired) electrons. The molecule has 1 amide bonds. The van der Waals surface area contributed by atoms with Gasteiger partial charge in [0.05, 0.1) is 5.01 Å². The summed E-state index contributed by atoms with van der Waals surface area (Å²) in [6.45, 7) is 6.58. The van der Waals surface area contributed by atoms with Crippen LogP contribution in [-0.2, 0) is 19.1 Å². The summed E-state index contributed by atoms with van der Waals surface area (Å²) in [5.41, 5.74) is 0.279. The number of hydrogen-bond donors (Lipinski definition) is 3. The number of rotatable bonds is 6. The highest BCUT2D eigenvalue weighted by Crippen LogP contribution is 2.29. The topological polar surface area (TPSA) is 78.4 Å². The van der Waals surface area contributed by atoms with Crippen LogP contribution < -0.4 is 16.0 Å². The second kappa shape index (κ2) is 11.7. The number of nitrogens with one attached hydrogen (secondary N) is 3. The van der Waals surface area contributed by atoms with E-state index in [1.807, 2.05) is 32.9 Å². The molecule has 0 bridgehead atoms. The molecule has 0 aliphatic carbocycles. The second-order valence-electron chi connectivity index (χ2n) is 7.63. The number of alkyl halides is 3. The molecule has 0 aliphatic rings. The number of guanidine groups is 1. The molecule has 0 unspecified atom stereocenters. The minimum absolute atomic E-state index is 0. The van der Waals surface area contributed by atoms with Crippen molar-refractivity contribution in [2.45, 2.75) is 45.5 Å². The highest BCUT2D eigenvalue weighted by Gasteiger charge is 2.33. The van der Waals surface area contributed by atoms with Gasteiger partial charge in [-0.2, -0.15) is 13.2 Å². The zero-order chi connectivity index (χ0) is 22.4. The molecule has 1 heterocycles. The molecule has 1 aromatic heterocycles. The lowest BCUT2D eigenvalue weighted by Gasteiger charge is -2.20. The molecule has 172 valence electrons. The Hall–Kier alpha value is -1.89. The molecular weight excluding hydrogens is 542 g/mol. The molecule has 0 fully saturated rings. The molecular formula is C20H27F3IN5OS. The van der Waals surface area contributed by atoms with E-state index in [4.69, 9.17) is 0 Å². The van der Waals surface area contributed by atoms with E-state index in [-0.39, 0.29) is 35.4 Å². The summed E-state index contributed by atoms with van der Waals surface area (Å²) in [6.07, 6.45) is -4.07. The number of carbonyl (C=O) groups excluding carboxylic acids is 1. The number of benzene rings is 1. The number of aromatic nitrogens is 1. The van der Waals surface area contributed by atoms with E-state index in [9.17, 15) is 18.0 Å². The zero-order valence-electron chi connectivity index (χ0n) is 17.8. The van der Waals surface area contributed by atoms with Gasteiger partial charge in [-0.25, -0.2) is 4.98 Å². The third kappa shape index (κ3) is 9.42. The molecule has 2 aromatic rings. The number of amides is 1. The first-order chi connectivity index (χ1) is 14.0. The fraction of sp³-hybridized carbons (Fsp3) is 0.450. The van der Waals surface area contributed by atoms with Gasteiger partial charge in [-0.05, 0) is 38.5 Å². The Morgan fingerprint density at radius 2 is 1.90 bits per heavy atom. The maximum atomic E-state index is 12.6. The van der Waals surface area contributed by atoms with E-state index < -0.39 is 11.9 Å². The predicted octanol–water partition coefficient (Wildman–Crippen LogP) is 4.22. The molecule has 0 spiro atoms. The average Bonchev–Trinajstić information content (AvgIpc) is 3.13. The van der Waals surface area contributed by atoms with Crippen molar-refractivity contribution >= 4 is 47.2 Å². The van der Waals surface area contributed by atoms with E-state index in [0.717, 1.165) is 22.3 Å². The SMILES string of the molecule is CN=C(NCCc1nc(C(F)(F)F)cs1)NCc1cccc(C(=O)NC(C)(C)C)c1.I. The lowest BCUT2D eigenvalue weighted by Crippen LogP contribution is -2.40. The fourth-order valence-electron chi connectivity index (χ4n) is 2.49. The summed E-state index contributed by atoms with van der Waals surface area (Å²) in [7, 11) is 1.60. The summed E-state index contributed by atoms with van der Waals surface area (Å²) in [4.78, 5) is 20.0. The van der Waals surface area contributed by atoms with Gasteiger partial charge >= 0.3 is 6.18 Å². The monoisotopic (exact) mass is 569 g/mol. The summed E-state index contributed by atoms with van der Waals surface area (Å²) in [5, 5.41) is 10.5. The Labute approximate surface area is 201 Å². The summed E-state index contributed by atoms with van der Waals surface area (Å²) < 4.78 is 37.8. The largest absolute Gasteiger partial charge is 0.434 e. The lowest BCUT2D eigenvalue weighted by molar-refractivity contribution is -0.140. The van der Waals surface area contributed by atoms with Crippen molar-refractivity contribution in [1.82, 2.24) is 20.9 Å². The van der Waals surface area contributed by atoms with E-state index in [1.165, 1.54) is 0 Å². The van der Waals surface area contributed by atoms with Gasteiger partial charge in [0.2, 0.25) is 0 Å². The molecule has 2 rings (SSSR count). The first-order valence-corrected chi connectivity index (χ1v) is 10.2. The number of hydrogen-bond acceptors (Lipinski definition) is 4. The normalized spacial score (nSPS) is 12.2. The van der Waals surface area contributed by atoms with E-state index in [1.54, 1.807) is 19.2 Å². The Morgan fingerprint density at radius 1 is 1.19 bits per heavy atom. The number of halogens is 4. The van der Waals surface area contributed by atoms with Gasteiger partial charge in [0.25, 0.3) is 5.91 Å². The summed E-state index contributed by atoms with van der Waals surface area (Å²) in [5.74, 6) is 0.362. The van der Waals surface area contributed by atoms with Crippen LogP contribution in [0.15, 0.2) is 34.6 Å². The van der Waals surface area contributed by atoms with Gasteiger partial charge in [0, 0.05) is 43.0 Å². The van der Waals surface area contributed by atoms with Gasteiger partial charge < -0.3 is 16.0 Å². The number of nitrogens with zero attached hydrogens (tertiary/aromatic N) is 2. The van der Waals surface area contributed by atoms with Crippen molar-refractivity contribution in [2.24, 2.45) is 4.99 Å². The van der Waals surface area contributed by atoms with Crippen LogP contribution in [0.3, 0.4) is 0 Å². The van der Waals surface area contributed by atoms with E-state index >= 15 is 0 Å². The Kier molecular flexibility index (Phi) is 10.2. The second-order valence-corrected chi connectivity index (χ2v) is 8.57. The quantitative estimate of drug-likeness (QED) is 0.277. The number of thiazole rings is 1. The Balaban J connectivity index is 0.00000480. The van der Waals surface area contributed by atoms with Gasteiger partial charge in [-0.3, -0.25) is 9.79 Å². The van der Waals surface area contributed by atoms with Crippen LogP contribution in [0.1, 0.15) is 47.4 Å². The summed E-state index contributed by atoms with van der Waals surface area (Å²) >= 11 is 0.985. The molecule has 31 heavy (non-hydrogen) atoms. The Morgan fingerprint density at radius 3 is 2.48 bits per heavy atom. The number of aliphatic imine (C=N–C) groups is 1. The van der Waals surface area contributed by atoms with E-state index in [0.29, 0.717) is 36.0 Å². The highest BCUT2D eigenvalue weighted by atomic mass is 127. The van der Waals surface area contributed by atoms with Gasteiger partial charge in [0.15, 0.2) is 11.7 Å². The highest BCUT2D eigenvalue weighted by molar-refractivity contribution is 14.0. The Bertz CT molecular complexity index is 893. The third-order valence-electron chi connectivity index (χ3n) is 3.83. The van der Waals surface area contributed by atoms with Crippen molar-refractivity contribution in [2.75, 3.05) is 13.6 Å². The van der Waals surface area contributed by atoms with E-state index in [2.05, 4.69) is 25.9 Å². The molecule has 0 aliphatic heterocycles. The molecule has 1 aromatic carbocycles. The fourth-order valence-corrected chi connectivity index (χ4v) is 3.29. The van der Waals surface area contributed by atoms with Crippen LogP contribution in [0, 0.1) is 0 Å². The van der Waals surface area contributed by atoms with Crippen LogP contribution >= 0.6 is 35.3 Å². The van der Waals surface area contributed by atoms with Crippen molar-refractivity contribution in [1.29, 1.82) is 0 Å². The smallest absolute Gasteiger partial charge is 0.356 e. The lowest BCUT2D eigenvalue weighted by atomic mass is 10.1. The summed E-state index contributed by atoms with van der Waals surface area (Å²) in [6, 6.07) is 7.25. The van der Waals surface area contributed by atoms with Crippen molar-refractivity contribution in [3.05, 3.63) is 51.5 Å². The average molecular weight is 569 g/mol. The standard InChI is InChI=1S/C20H26F3N5OS.HI/c1-19(2,3)28-17(29)14-7-5-6-13(10-14)11-26-18(24-4)25-9-8-16-27-15(12-30-16)20(21,22)23;/h5-7,10,12H,8-9,11H2,1-4H3,(H,28,29)(H2,24,25,26);1H. The molecule has 3 N–H and O–H groups in total. The van der Waals surface area contributed by atoms with Crippen molar-refractivity contribution < 1.29 is 18.0 Å². The maximum Gasteiger partial charge on any atom is 0.434 e. The van der Waals surface area contributed by atoms with Crippen LogP contribution in [0.2, 0.25) is 0 Å². The zero-order valence-corrected chi connectivity index (χ0v) is 20.9. The van der Waals surface area contributed by atoms with Crippen LogP contribution in [0.4, 0.5) is 13.2 Å². The molecule has 0 saturated carbocycles. The van der Waals surface area contributed by atoms with Gasteiger partial charge in [0.1, 0.15) is 0 Å². The van der Waals surface area contributed by atoms with Crippen LogP contribution in [-0.4, -0.2) is 36.0 Å². The van der Waals surface area contributed by atoms with Crippen LogP contribution in [0.25, 0.3) is 0 Å². The van der Waals surface area contributed by atoms with Gasteiger partial charge in [-0.15, -0.1) is 35.3 Å². The molecule has 11 heteroatoms. The molecule has 0 atom stereocenters.